The maximum atomic E-state index is 10.6. The van der Waals surface area contributed by atoms with Crippen molar-refractivity contribution >= 4 is 5.97 Å². The largest absolute Gasteiger partial charge is 0.466 e. The lowest BCUT2D eigenvalue weighted by Gasteiger charge is -2.04. The van der Waals surface area contributed by atoms with Gasteiger partial charge in [0.1, 0.15) is 0 Å². The van der Waals surface area contributed by atoms with Crippen LogP contribution in [0.2, 0.25) is 0 Å². The molecule has 68 valence electrons. The normalized spacial score (nSPS) is 12.9. The van der Waals surface area contributed by atoms with Crippen molar-refractivity contribution in [1.82, 2.24) is 0 Å². The molecule has 0 saturated heterocycles. The molecule has 0 aliphatic carbocycles. The van der Waals surface area contributed by atoms with Crippen molar-refractivity contribution in [3.63, 3.8) is 0 Å². The molecule has 0 aliphatic rings. The highest BCUT2D eigenvalue weighted by atomic mass is 16.5. The van der Waals surface area contributed by atoms with E-state index in [-0.39, 0.29) is 0 Å². The van der Waals surface area contributed by atoms with Gasteiger partial charge in [-0.2, -0.15) is 0 Å². The highest BCUT2D eigenvalue weighted by molar-refractivity contribution is 5.81. The van der Waals surface area contributed by atoms with Gasteiger partial charge in [0.2, 0.25) is 0 Å². The van der Waals surface area contributed by atoms with Gasteiger partial charge in [0, 0.05) is 6.08 Å². The molecule has 0 heterocycles. The molecule has 12 heavy (non-hydrogen) atoms. The van der Waals surface area contributed by atoms with Gasteiger partial charge in [-0.05, 0) is 13.3 Å². The van der Waals surface area contributed by atoms with Crippen molar-refractivity contribution in [3.05, 3.63) is 24.3 Å². The van der Waals surface area contributed by atoms with Gasteiger partial charge in [-0.1, -0.05) is 18.2 Å². The lowest BCUT2D eigenvalue weighted by Crippen LogP contribution is -2.05. The predicted molar refractivity (Wildman–Crippen MR) is 46.6 cm³/mol. The van der Waals surface area contributed by atoms with Crippen molar-refractivity contribution < 1.29 is 14.6 Å². The molecule has 0 rings (SSSR count). The number of esters is 1. The Hall–Kier alpha value is -1.09. The number of carbonyl (C=O) groups excluding carboxylic acids is 1. The third-order valence-corrected chi connectivity index (χ3v) is 1.38. The zero-order chi connectivity index (χ0) is 9.56. The summed E-state index contributed by atoms with van der Waals surface area (Å²) in [6, 6.07) is 0. The van der Waals surface area contributed by atoms with E-state index in [0.717, 1.165) is 0 Å². The maximum Gasteiger partial charge on any atom is 0.330 e. The van der Waals surface area contributed by atoms with Gasteiger partial charge in [0.25, 0.3) is 0 Å². The van der Waals surface area contributed by atoms with Crippen LogP contribution in [0.25, 0.3) is 0 Å². The second-order valence-electron chi connectivity index (χ2n) is 2.52. The first-order valence-corrected chi connectivity index (χ1v) is 3.66. The molecule has 0 amide bonds. The summed E-state index contributed by atoms with van der Waals surface area (Å²) in [4.78, 5) is 10.6. The van der Waals surface area contributed by atoms with E-state index >= 15 is 0 Å². The number of ether oxygens (including phenoxy) is 1. The fourth-order valence-electron chi connectivity index (χ4n) is 0.562. The van der Waals surface area contributed by atoms with Gasteiger partial charge in [0.15, 0.2) is 0 Å². The Morgan fingerprint density at radius 3 is 2.75 bits per heavy atom. The van der Waals surface area contributed by atoms with Crippen LogP contribution >= 0.6 is 0 Å². The lowest BCUT2D eigenvalue weighted by atomic mass is 10.1. The van der Waals surface area contributed by atoms with Crippen LogP contribution in [0.4, 0.5) is 0 Å². The second-order valence-corrected chi connectivity index (χ2v) is 2.52. The summed E-state index contributed by atoms with van der Waals surface area (Å²) in [6.45, 7) is 5.31. The van der Waals surface area contributed by atoms with E-state index in [1.165, 1.54) is 13.2 Å². The van der Waals surface area contributed by atoms with Crippen molar-refractivity contribution in [2.75, 3.05) is 7.11 Å². The Morgan fingerprint density at radius 1 is 1.75 bits per heavy atom. The Kier molecular flexibility index (Phi) is 5.04. The zero-order valence-electron chi connectivity index (χ0n) is 7.41. The summed E-state index contributed by atoms with van der Waals surface area (Å²) < 4.78 is 4.36. The Labute approximate surface area is 72.3 Å². The van der Waals surface area contributed by atoms with E-state index in [1.54, 1.807) is 13.0 Å². The van der Waals surface area contributed by atoms with E-state index in [0.29, 0.717) is 12.0 Å². The van der Waals surface area contributed by atoms with E-state index in [2.05, 4.69) is 11.3 Å². The minimum absolute atomic E-state index is 0.393. The third kappa shape index (κ3) is 4.68. The van der Waals surface area contributed by atoms with Crippen LogP contribution in [-0.4, -0.2) is 24.3 Å². The van der Waals surface area contributed by atoms with Crippen molar-refractivity contribution in [3.8, 4) is 0 Å². The maximum absolute atomic E-state index is 10.6. The molecule has 3 nitrogen and oxygen atoms in total. The first-order chi connectivity index (χ1) is 5.57. The number of methoxy groups -OCH3 is 1. The smallest absolute Gasteiger partial charge is 0.330 e. The van der Waals surface area contributed by atoms with E-state index in [9.17, 15) is 9.90 Å². The topological polar surface area (TPSA) is 46.5 Å². The number of hydrogen-bond acceptors (Lipinski definition) is 3. The van der Waals surface area contributed by atoms with Crippen LogP contribution in [0.15, 0.2) is 24.3 Å². The minimum Gasteiger partial charge on any atom is -0.466 e. The Balaban J connectivity index is 3.74. The highest BCUT2D eigenvalue weighted by Crippen LogP contribution is 2.02. The van der Waals surface area contributed by atoms with Gasteiger partial charge in [-0.3, -0.25) is 0 Å². The molecule has 0 aliphatic heterocycles. The Morgan fingerprint density at radius 2 is 2.33 bits per heavy atom. The molecule has 0 saturated carbocycles. The summed E-state index contributed by atoms with van der Waals surface area (Å²) in [5.74, 6) is -0.413. The standard InChI is InChI=1S/C9H14O3/c1-7(2)8(10)5-4-6-9(11)12-3/h4,6,8,10H,1,5H2,2-3H3/b6-4-. The van der Waals surface area contributed by atoms with Crippen molar-refractivity contribution in [2.24, 2.45) is 0 Å². The van der Waals surface area contributed by atoms with Gasteiger partial charge in [-0.25, -0.2) is 4.79 Å². The summed E-state index contributed by atoms with van der Waals surface area (Å²) in [5, 5.41) is 9.21. The average Bonchev–Trinajstić information content (AvgIpc) is 2.03. The number of aliphatic hydroxyl groups is 1. The quantitative estimate of drug-likeness (QED) is 0.389. The van der Waals surface area contributed by atoms with Crippen LogP contribution in [-0.2, 0) is 9.53 Å². The number of aliphatic hydroxyl groups excluding tert-OH is 1. The van der Waals surface area contributed by atoms with Crippen LogP contribution in [0.1, 0.15) is 13.3 Å². The van der Waals surface area contributed by atoms with Gasteiger partial charge in [-0.15, -0.1) is 0 Å². The first kappa shape index (κ1) is 10.9. The number of hydrogen-bond donors (Lipinski definition) is 1. The van der Waals surface area contributed by atoms with Gasteiger partial charge in [0.05, 0.1) is 13.2 Å². The van der Waals surface area contributed by atoms with E-state index in [4.69, 9.17) is 0 Å². The SMILES string of the molecule is C=C(C)C(O)C/C=C\C(=O)OC. The fourth-order valence-corrected chi connectivity index (χ4v) is 0.562. The molecule has 1 atom stereocenters. The molecule has 0 aromatic rings. The summed E-state index contributed by atoms with van der Waals surface area (Å²) in [6.07, 6.45) is 2.66. The second kappa shape index (κ2) is 5.55. The average molecular weight is 170 g/mol. The zero-order valence-corrected chi connectivity index (χ0v) is 7.41. The number of carbonyl (C=O) groups is 1. The molecular weight excluding hydrogens is 156 g/mol. The van der Waals surface area contributed by atoms with Crippen LogP contribution in [0.3, 0.4) is 0 Å². The highest BCUT2D eigenvalue weighted by Gasteiger charge is 2.00. The van der Waals surface area contributed by atoms with Crippen molar-refractivity contribution in [2.45, 2.75) is 19.4 Å². The molecule has 1 N–H and O–H groups in total. The molecule has 0 aromatic heterocycles. The summed E-state index contributed by atoms with van der Waals surface area (Å²) >= 11 is 0. The van der Waals surface area contributed by atoms with Crippen LogP contribution in [0, 0.1) is 0 Å². The molecular formula is C9H14O3. The predicted octanol–water partition coefficient (Wildman–Crippen LogP) is 1.04. The van der Waals surface area contributed by atoms with Gasteiger partial charge >= 0.3 is 5.97 Å². The van der Waals surface area contributed by atoms with Crippen LogP contribution < -0.4 is 0 Å². The molecule has 0 radical (unpaired) electrons. The monoisotopic (exact) mass is 170 g/mol. The molecule has 3 heteroatoms. The minimum atomic E-state index is -0.578. The van der Waals surface area contributed by atoms with Crippen molar-refractivity contribution in [1.29, 1.82) is 0 Å². The van der Waals surface area contributed by atoms with Crippen LogP contribution in [0.5, 0.6) is 0 Å². The van der Waals surface area contributed by atoms with E-state index < -0.39 is 12.1 Å². The summed E-state index contributed by atoms with van der Waals surface area (Å²) in [5.41, 5.74) is 0.685. The first-order valence-electron chi connectivity index (χ1n) is 3.66. The fraction of sp³-hybridized carbons (Fsp3) is 0.444. The number of rotatable bonds is 4. The molecule has 0 spiro atoms. The third-order valence-electron chi connectivity index (χ3n) is 1.38. The molecule has 0 bridgehead atoms. The summed E-state index contributed by atoms with van der Waals surface area (Å²) in [7, 11) is 1.31. The Bertz CT molecular complexity index is 194. The van der Waals surface area contributed by atoms with E-state index in [1.807, 2.05) is 0 Å². The molecule has 1 unspecified atom stereocenters. The molecule has 0 fully saturated rings. The van der Waals surface area contributed by atoms with Gasteiger partial charge < -0.3 is 9.84 Å². The molecule has 0 aromatic carbocycles. The lowest BCUT2D eigenvalue weighted by molar-refractivity contribution is -0.134.